The summed E-state index contributed by atoms with van der Waals surface area (Å²) in [4.78, 5) is 25.6. The van der Waals surface area contributed by atoms with Crippen LogP contribution in [0.3, 0.4) is 0 Å². The molecule has 2 aromatic carbocycles. The van der Waals surface area contributed by atoms with Crippen molar-refractivity contribution in [3.8, 4) is 5.75 Å². The molecule has 0 aliphatic carbocycles. The lowest BCUT2D eigenvalue weighted by atomic mass is 9.97. The number of hydrogen-bond acceptors (Lipinski definition) is 5. The van der Waals surface area contributed by atoms with Crippen molar-refractivity contribution in [2.75, 3.05) is 6.26 Å². The molecular formula is C27H30O5S. The van der Waals surface area contributed by atoms with Crippen LogP contribution in [-0.2, 0) is 4.79 Å². The van der Waals surface area contributed by atoms with Crippen molar-refractivity contribution < 1.29 is 23.8 Å². The van der Waals surface area contributed by atoms with E-state index in [1.54, 1.807) is 17.8 Å². The molecule has 1 N–H and O–H groups in total. The van der Waals surface area contributed by atoms with Gasteiger partial charge in [0, 0.05) is 15.8 Å². The number of allylic oxidation sites excluding steroid dienone is 1. The van der Waals surface area contributed by atoms with Crippen molar-refractivity contribution in [3.63, 3.8) is 0 Å². The summed E-state index contributed by atoms with van der Waals surface area (Å²) in [5.41, 5.74) is 2.72. The number of thioether (sulfide) groups is 1. The molecule has 174 valence electrons. The molecule has 3 rings (SSSR count). The predicted octanol–water partition coefficient (Wildman–Crippen LogP) is 7.03. The molecule has 1 aromatic heterocycles. The van der Waals surface area contributed by atoms with Gasteiger partial charge >= 0.3 is 5.97 Å². The highest BCUT2D eigenvalue weighted by molar-refractivity contribution is 7.98. The fourth-order valence-corrected chi connectivity index (χ4v) is 4.20. The summed E-state index contributed by atoms with van der Waals surface area (Å²) in [6, 6.07) is 9.77. The van der Waals surface area contributed by atoms with E-state index in [0.717, 1.165) is 38.1 Å². The summed E-state index contributed by atoms with van der Waals surface area (Å²) in [6.07, 6.45) is 5.28. The fraction of sp³-hybridized carbons (Fsp3) is 0.333. The van der Waals surface area contributed by atoms with E-state index in [1.807, 2.05) is 50.4 Å². The lowest BCUT2D eigenvalue weighted by molar-refractivity contribution is -0.152. The molecule has 0 aliphatic rings. The molecule has 0 saturated carbocycles. The van der Waals surface area contributed by atoms with Crippen LogP contribution in [0.4, 0.5) is 0 Å². The third kappa shape index (κ3) is 5.17. The number of ether oxygens (including phenoxy) is 1. The summed E-state index contributed by atoms with van der Waals surface area (Å²) in [7, 11) is 0. The predicted molar refractivity (Wildman–Crippen MR) is 134 cm³/mol. The first-order valence-corrected chi connectivity index (χ1v) is 12.0. The maximum absolute atomic E-state index is 13.1. The second-order valence-corrected chi connectivity index (χ2v) is 9.84. The number of aryl methyl sites for hydroxylation is 2. The summed E-state index contributed by atoms with van der Waals surface area (Å²) in [6.45, 7) is 10.9. The highest BCUT2D eigenvalue weighted by Crippen LogP contribution is 2.35. The van der Waals surface area contributed by atoms with Crippen molar-refractivity contribution in [1.29, 1.82) is 0 Å². The Morgan fingerprint density at radius 3 is 2.30 bits per heavy atom. The molecule has 33 heavy (non-hydrogen) atoms. The van der Waals surface area contributed by atoms with Gasteiger partial charge in [-0.25, -0.2) is 4.79 Å². The van der Waals surface area contributed by atoms with Crippen molar-refractivity contribution in [2.45, 2.75) is 58.0 Å². The smallest absolute Gasteiger partial charge is 0.347 e. The zero-order valence-electron chi connectivity index (χ0n) is 20.1. The van der Waals surface area contributed by atoms with Crippen molar-refractivity contribution in [2.24, 2.45) is 0 Å². The fourth-order valence-electron chi connectivity index (χ4n) is 3.77. The molecular weight excluding hydrogens is 436 g/mol. The number of furan rings is 1. The molecule has 0 bridgehead atoms. The largest absolute Gasteiger partial charge is 0.478 e. The third-order valence-electron chi connectivity index (χ3n) is 5.52. The Labute approximate surface area is 198 Å². The lowest BCUT2D eigenvalue weighted by Crippen LogP contribution is -2.38. The number of benzene rings is 2. The summed E-state index contributed by atoms with van der Waals surface area (Å²) in [5.74, 6) is -0.186. The van der Waals surface area contributed by atoms with E-state index < -0.39 is 11.6 Å². The Balaban J connectivity index is 1.93. The second-order valence-electron chi connectivity index (χ2n) is 8.96. The van der Waals surface area contributed by atoms with Crippen LogP contribution in [0.25, 0.3) is 17.0 Å². The van der Waals surface area contributed by atoms with Crippen molar-refractivity contribution in [1.82, 2.24) is 0 Å². The summed E-state index contributed by atoms with van der Waals surface area (Å²) in [5, 5.41) is 10.3. The highest BCUT2D eigenvalue weighted by Gasteiger charge is 2.30. The maximum Gasteiger partial charge on any atom is 0.347 e. The highest BCUT2D eigenvalue weighted by atomic mass is 32.2. The van der Waals surface area contributed by atoms with Crippen LogP contribution in [0.5, 0.6) is 5.75 Å². The quantitative estimate of drug-likeness (QED) is 0.218. The van der Waals surface area contributed by atoms with E-state index in [9.17, 15) is 14.7 Å². The van der Waals surface area contributed by atoms with E-state index in [4.69, 9.17) is 9.15 Å². The minimum Gasteiger partial charge on any atom is -0.478 e. The van der Waals surface area contributed by atoms with Gasteiger partial charge < -0.3 is 14.3 Å². The minimum absolute atomic E-state index is 0.136. The molecule has 5 nitrogen and oxygen atoms in total. The summed E-state index contributed by atoms with van der Waals surface area (Å²) >= 11 is 1.63. The van der Waals surface area contributed by atoms with Crippen LogP contribution in [-0.4, -0.2) is 28.7 Å². The number of aliphatic carboxylic acids is 1. The maximum atomic E-state index is 13.1. The van der Waals surface area contributed by atoms with Gasteiger partial charge in [0.15, 0.2) is 11.4 Å². The third-order valence-corrected chi connectivity index (χ3v) is 6.24. The topological polar surface area (TPSA) is 76.7 Å². The molecule has 0 unspecified atom stereocenters. The van der Waals surface area contributed by atoms with E-state index in [1.165, 1.54) is 19.9 Å². The van der Waals surface area contributed by atoms with Gasteiger partial charge in [-0.2, -0.15) is 0 Å². The average Bonchev–Trinajstić information content (AvgIpc) is 3.13. The Hall–Kier alpha value is -2.99. The van der Waals surface area contributed by atoms with Gasteiger partial charge in [0.2, 0.25) is 5.78 Å². The molecule has 0 spiro atoms. The van der Waals surface area contributed by atoms with Crippen LogP contribution in [0.2, 0.25) is 0 Å². The summed E-state index contributed by atoms with van der Waals surface area (Å²) < 4.78 is 11.8. The number of carbonyl (C=O) groups excluding carboxylic acids is 1. The number of rotatable bonds is 8. The first kappa shape index (κ1) is 24.6. The number of fused-ring (bicyclic) bond motifs is 1. The number of carboxylic acids is 1. The zero-order chi connectivity index (χ0) is 24.5. The Bertz CT molecular complexity index is 1220. The first-order valence-electron chi connectivity index (χ1n) is 10.8. The van der Waals surface area contributed by atoms with Gasteiger partial charge in [-0.3, -0.25) is 4.79 Å². The Kier molecular flexibility index (Phi) is 7.08. The van der Waals surface area contributed by atoms with Crippen molar-refractivity contribution in [3.05, 3.63) is 64.4 Å². The molecule has 1 heterocycles. The zero-order valence-corrected chi connectivity index (χ0v) is 20.9. The molecule has 0 aliphatic heterocycles. The molecule has 0 atom stereocenters. The van der Waals surface area contributed by atoms with Gasteiger partial charge in [-0.15, -0.1) is 11.8 Å². The van der Waals surface area contributed by atoms with Crippen LogP contribution in [0, 0.1) is 13.8 Å². The van der Waals surface area contributed by atoms with Gasteiger partial charge in [-0.05, 0) is 93.0 Å². The second kappa shape index (κ2) is 9.48. The molecule has 0 radical (unpaired) electrons. The monoisotopic (exact) mass is 466 g/mol. The van der Waals surface area contributed by atoms with E-state index in [2.05, 4.69) is 13.8 Å². The standard InChI is InChI=1S/C27H30O5S/c1-15(2)23-20-10-9-19(33-7)14-22(20)31-25(23)21(28)11-8-18-12-16(3)24(17(4)13-18)32-27(5,6)26(29)30/h8-15H,1-7H3,(H,29,30)/b11-8+. The average molecular weight is 467 g/mol. The van der Waals surface area contributed by atoms with E-state index in [-0.39, 0.29) is 11.7 Å². The van der Waals surface area contributed by atoms with E-state index in [0.29, 0.717) is 11.5 Å². The number of carboxylic acid groups (broad SMARTS) is 1. The van der Waals surface area contributed by atoms with Crippen LogP contribution < -0.4 is 4.74 Å². The molecule has 0 saturated heterocycles. The first-order chi connectivity index (χ1) is 15.4. The number of ketones is 1. The number of carbonyl (C=O) groups is 2. The Morgan fingerprint density at radius 1 is 1.12 bits per heavy atom. The van der Waals surface area contributed by atoms with Gasteiger partial charge in [-0.1, -0.05) is 19.9 Å². The van der Waals surface area contributed by atoms with Crippen molar-refractivity contribution >= 4 is 40.6 Å². The molecule has 3 aromatic rings. The van der Waals surface area contributed by atoms with Crippen LogP contribution >= 0.6 is 11.8 Å². The molecule has 0 amide bonds. The van der Waals surface area contributed by atoms with Crippen LogP contribution in [0.15, 0.2) is 45.7 Å². The SMILES string of the molecule is CSc1ccc2c(C(C)C)c(C(=O)/C=C/c3cc(C)c(OC(C)(C)C(=O)O)c(C)c3)oc2c1. The Morgan fingerprint density at radius 2 is 1.76 bits per heavy atom. The van der Waals surface area contributed by atoms with Crippen LogP contribution in [0.1, 0.15) is 66.4 Å². The van der Waals surface area contributed by atoms with Gasteiger partial charge in [0.25, 0.3) is 0 Å². The van der Waals surface area contributed by atoms with Gasteiger partial charge in [0.1, 0.15) is 11.3 Å². The number of hydrogen-bond donors (Lipinski definition) is 1. The minimum atomic E-state index is -1.34. The van der Waals surface area contributed by atoms with Gasteiger partial charge in [0.05, 0.1) is 0 Å². The van der Waals surface area contributed by atoms with E-state index >= 15 is 0 Å². The molecule has 6 heteroatoms. The lowest BCUT2D eigenvalue weighted by Gasteiger charge is -2.24. The molecule has 0 fully saturated rings. The normalized spacial score (nSPS) is 12.1.